The fourth-order valence-corrected chi connectivity index (χ4v) is 3.67. The molecule has 0 aliphatic carbocycles. The first-order valence-electron chi connectivity index (χ1n) is 9.10. The molecule has 0 saturated carbocycles. The zero-order chi connectivity index (χ0) is 18.7. The van der Waals surface area contributed by atoms with Crippen molar-refractivity contribution in [3.63, 3.8) is 0 Å². The Hall–Kier alpha value is -2.50. The van der Waals surface area contributed by atoms with E-state index >= 15 is 0 Å². The lowest BCUT2D eigenvalue weighted by atomic mass is 10.1. The summed E-state index contributed by atoms with van der Waals surface area (Å²) in [6.07, 6.45) is 1.17. The number of anilines is 1. The maximum absolute atomic E-state index is 12.7. The molecule has 2 aromatic rings. The van der Waals surface area contributed by atoms with Crippen molar-refractivity contribution in [3.8, 4) is 5.75 Å². The average molecular weight is 357 g/mol. The number of benzene rings is 1. The molecule has 1 fully saturated rings. The number of aromatic nitrogens is 1. The Morgan fingerprint density at radius 1 is 1.31 bits per heavy atom. The molecule has 0 radical (unpaired) electrons. The van der Waals surface area contributed by atoms with Gasteiger partial charge in [0.05, 0.1) is 18.5 Å². The Labute approximate surface area is 154 Å². The molecule has 0 bridgehead atoms. The minimum atomic E-state index is 0.158. The van der Waals surface area contributed by atoms with Gasteiger partial charge in [-0.25, -0.2) is 0 Å². The van der Waals surface area contributed by atoms with Crippen LogP contribution in [0.2, 0.25) is 0 Å². The summed E-state index contributed by atoms with van der Waals surface area (Å²) in [7, 11) is 1.69. The predicted octanol–water partition coefficient (Wildman–Crippen LogP) is 2.97. The molecule has 0 unspecified atom stereocenters. The summed E-state index contributed by atoms with van der Waals surface area (Å²) in [5, 5.41) is 3.96. The maximum atomic E-state index is 12.7. The topological polar surface area (TPSA) is 58.8 Å². The second-order valence-electron chi connectivity index (χ2n) is 6.86. The molecule has 26 heavy (non-hydrogen) atoms. The highest BCUT2D eigenvalue weighted by atomic mass is 16.5. The number of amides is 1. The van der Waals surface area contributed by atoms with E-state index in [1.54, 1.807) is 7.11 Å². The van der Waals surface area contributed by atoms with Crippen LogP contribution in [-0.2, 0) is 11.2 Å². The van der Waals surface area contributed by atoms with Crippen LogP contribution < -0.4 is 9.64 Å². The highest BCUT2D eigenvalue weighted by Gasteiger charge is 2.28. The molecule has 1 aliphatic heterocycles. The van der Waals surface area contributed by atoms with Crippen molar-refractivity contribution in [1.82, 2.24) is 10.1 Å². The molecule has 6 nitrogen and oxygen atoms in total. The zero-order valence-electron chi connectivity index (χ0n) is 16.0. The normalized spacial score (nSPS) is 17.5. The van der Waals surface area contributed by atoms with E-state index in [4.69, 9.17) is 9.26 Å². The van der Waals surface area contributed by atoms with Crippen molar-refractivity contribution in [3.05, 3.63) is 41.3 Å². The van der Waals surface area contributed by atoms with Gasteiger partial charge in [-0.2, -0.15) is 0 Å². The quantitative estimate of drug-likeness (QED) is 0.823. The SMILES string of the molecule is COc1ccccc1N1CCN(C(=O)CCc2c(C)noc2C)[C@@H](C)C1. The van der Waals surface area contributed by atoms with E-state index < -0.39 is 0 Å². The zero-order valence-corrected chi connectivity index (χ0v) is 16.0. The molecule has 2 heterocycles. The average Bonchev–Trinajstić information content (AvgIpc) is 2.97. The van der Waals surface area contributed by atoms with Gasteiger partial charge in [0.2, 0.25) is 5.91 Å². The second-order valence-corrected chi connectivity index (χ2v) is 6.86. The van der Waals surface area contributed by atoms with Crippen LogP contribution in [0.4, 0.5) is 5.69 Å². The molecule has 0 spiro atoms. The van der Waals surface area contributed by atoms with Crippen LogP contribution in [0.5, 0.6) is 5.75 Å². The monoisotopic (exact) mass is 357 g/mol. The van der Waals surface area contributed by atoms with Gasteiger partial charge in [-0.15, -0.1) is 0 Å². The molecule has 140 valence electrons. The Morgan fingerprint density at radius 2 is 2.08 bits per heavy atom. The molecule has 1 aliphatic rings. The van der Waals surface area contributed by atoms with Crippen molar-refractivity contribution in [2.45, 2.75) is 39.7 Å². The Balaban J connectivity index is 1.61. The van der Waals surface area contributed by atoms with Crippen LogP contribution >= 0.6 is 0 Å². The first kappa shape index (κ1) is 18.3. The van der Waals surface area contributed by atoms with E-state index in [-0.39, 0.29) is 11.9 Å². The third kappa shape index (κ3) is 3.69. The number of ether oxygens (including phenoxy) is 1. The van der Waals surface area contributed by atoms with Gasteiger partial charge in [-0.1, -0.05) is 17.3 Å². The molecular weight excluding hydrogens is 330 g/mol. The summed E-state index contributed by atoms with van der Waals surface area (Å²) >= 11 is 0. The van der Waals surface area contributed by atoms with Crippen LogP contribution in [0.25, 0.3) is 0 Å². The molecule has 0 N–H and O–H groups in total. The Bertz CT molecular complexity index is 752. The van der Waals surface area contributed by atoms with Crippen molar-refractivity contribution < 1.29 is 14.1 Å². The highest BCUT2D eigenvalue weighted by Crippen LogP contribution is 2.29. The van der Waals surface area contributed by atoms with Gasteiger partial charge in [0.1, 0.15) is 11.5 Å². The summed E-state index contributed by atoms with van der Waals surface area (Å²) in [5.74, 6) is 1.87. The van der Waals surface area contributed by atoms with Crippen molar-refractivity contribution in [2.75, 3.05) is 31.6 Å². The minimum Gasteiger partial charge on any atom is -0.495 e. The number of hydrogen-bond donors (Lipinski definition) is 0. The van der Waals surface area contributed by atoms with E-state index in [1.807, 2.05) is 36.9 Å². The van der Waals surface area contributed by atoms with E-state index in [0.717, 1.165) is 48.1 Å². The number of hydrogen-bond acceptors (Lipinski definition) is 5. The van der Waals surface area contributed by atoms with Crippen LogP contribution in [0.15, 0.2) is 28.8 Å². The van der Waals surface area contributed by atoms with Crippen LogP contribution in [0.1, 0.15) is 30.4 Å². The third-order valence-electron chi connectivity index (χ3n) is 5.14. The minimum absolute atomic E-state index is 0.158. The van der Waals surface area contributed by atoms with E-state index in [1.165, 1.54) is 0 Å². The molecular formula is C20H27N3O3. The lowest BCUT2D eigenvalue weighted by molar-refractivity contribution is -0.133. The van der Waals surface area contributed by atoms with Gasteiger partial charge in [0.25, 0.3) is 0 Å². The van der Waals surface area contributed by atoms with E-state index in [0.29, 0.717) is 12.8 Å². The summed E-state index contributed by atoms with van der Waals surface area (Å²) in [6, 6.07) is 8.19. The first-order chi connectivity index (χ1) is 12.5. The lowest BCUT2D eigenvalue weighted by Crippen LogP contribution is -2.54. The predicted molar refractivity (Wildman–Crippen MR) is 101 cm³/mol. The number of nitrogens with zero attached hydrogens (tertiary/aromatic N) is 3. The number of aryl methyl sites for hydroxylation is 2. The van der Waals surface area contributed by atoms with Crippen LogP contribution in [0.3, 0.4) is 0 Å². The van der Waals surface area contributed by atoms with Crippen molar-refractivity contribution in [1.29, 1.82) is 0 Å². The van der Waals surface area contributed by atoms with E-state index in [2.05, 4.69) is 23.0 Å². The van der Waals surface area contributed by atoms with Gasteiger partial charge in [-0.3, -0.25) is 4.79 Å². The van der Waals surface area contributed by atoms with Crippen molar-refractivity contribution in [2.24, 2.45) is 0 Å². The molecule has 1 amide bonds. The molecule has 1 saturated heterocycles. The standard InChI is InChI=1S/C20H27N3O3/c1-14-13-22(18-7-5-6-8-19(18)25-4)11-12-23(14)20(24)10-9-17-15(2)21-26-16(17)3/h5-8,14H,9-13H2,1-4H3/t14-/m0/s1. The largest absolute Gasteiger partial charge is 0.495 e. The molecule has 3 rings (SSSR count). The maximum Gasteiger partial charge on any atom is 0.223 e. The lowest BCUT2D eigenvalue weighted by Gasteiger charge is -2.41. The highest BCUT2D eigenvalue weighted by molar-refractivity contribution is 5.77. The number of methoxy groups -OCH3 is 1. The third-order valence-corrected chi connectivity index (χ3v) is 5.14. The van der Waals surface area contributed by atoms with Gasteiger partial charge in [-0.05, 0) is 39.3 Å². The molecule has 1 aromatic carbocycles. The Morgan fingerprint density at radius 3 is 2.73 bits per heavy atom. The number of piperazine rings is 1. The molecule has 1 atom stereocenters. The first-order valence-corrected chi connectivity index (χ1v) is 9.10. The molecule has 6 heteroatoms. The van der Waals surface area contributed by atoms with Crippen LogP contribution in [-0.4, -0.2) is 48.7 Å². The van der Waals surface area contributed by atoms with Gasteiger partial charge >= 0.3 is 0 Å². The summed E-state index contributed by atoms with van der Waals surface area (Å²) < 4.78 is 10.7. The Kier molecular flexibility index (Phi) is 5.49. The summed E-state index contributed by atoms with van der Waals surface area (Å²) in [4.78, 5) is 17.0. The van der Waals surface area contributed by atoms with E-state index in [9.17, 15) is 4.79 Å². The molecule has 1 aromatic heterocycles. The fourth-order valence-electron chi connectivity index (χ4n) is 3.67. The fraction of sp³-hybridized carbons (Fsp3) is 0.500. The second kappa shape index (κ2) is 7.81. The van der Waals surface area contributed by atoms with Gasteiger partial charge in [0.15, 0.2) is 0 Å². The smallest absolute Gasteiger partial charge is 0.223 e. The number of carbonyl (C=O) groups excluding carboxylic acids is 1. The van der Waals surface area contributed by atoms with Crippen molar-refractivity contribution >= 4 is 11.6 Å². The summed E-state index contributed by atoms with van der Waals surface area (Å²) in [6.45, 7) is 8.26. The van der Waals surface area contributed by atoms with Gasteiger partial charge < -0.3 is 19.1 Å². The number of rotatable bonds is 5. The summed E-state index contributed by atoms with van der Waals surface area (Å²) in [5.41, 5.74) is 3.02. The number of carbonyl (C=O) groups is 1. The van der Waals surface area contributed by atoms with Gasteiger partial charge in [0, 0.05) is 37.7 Å². The number of para-hydroxylation sites is 2. The van der Waals surface area contributed by atoms with Crippen LogP contribution in [0, 0.1) is 13.8 Å².